The minimum Gasteiger partial charge on any atom is -0.488 e. The lowest BCUT2D eigenvalue weighted by Gasteiger charge is -2.04. The van der Waals surface area contributed by atoms with Crippen molar-refractivity contribution in [3.63, 3.8) is 0 Å². The van der Waals surface area contributed by atoms with Crippen LogP contribution in [0.25, 0.3) is 0 Å². The van der Waals surface area contributed by atoms with Crippen LogP contribution in [0.15, 0.2) is 30.4 Å². The Hall–Kier alpha value is -1.46. The van der Waals surface area contributed by atoms with E-state index < -0.39 is 0 Å². The highest BCUT2D eigenvalue weighted by atomic mass is 35.5. The summed E-state index contributed by atoms with van der Waals surface area (Å²) in [4.78, 5) is 0. The van der Waals surface area contributed by atoms with E-state index in [1.54, 1.807) is 18.2 Å². The van der Waals surface area contributed by atoms with Crippen molar-refractivity contribution in [3.8, 4) is 11.8 Å². The first-order valence-electron chi connectivity index (χ1n) is 4.21. The molecule has 1 aromatic carbocycles. The smallest absolute Gasteiger partial charge is 0.137 e. The maximum absolute atomic E-state index is 8.79. The molecule has 0 aliphatic rings. The second kappa shape index (κ2) is 5.31. The van der Waals surface area contributed by atoms with E-state index in [2.05, 4.69) is 0 Å². The third-order valence-corrected chi connectivity index (χ3v) is 1.87. The molecule has 0 N–H and O–H groups in total. The Morgan fingerprint density at radius 1 is 1.57 bits per heavy atom. The minimum absolute atomic E-state index is 0.460. The number of hydrogen-bond acceptors (Lipinski definition) is 2. The van der Waals surface area contributed by atoms with Crippen molar-refractivity contribution in [2.24, 2.45) is 0 Å². The monoisotopic (exact) mass is 207 g/mol. The summed E-state index contributed by atoms with van der Waals surface area (Å²) in [6, 6.07) is 7.02. The van der Waals surface area contributed by atoms with E-state index in [0.717, 1.165) is 0 Å². The van der Waals surface area contributed by atoms with Gasteiger partial charge in [-0.1, -0.05) is 23.8 Å². The van der Waals surface area contributed by atoms with Gasteiger partial charge in [-0.25, -0.2) is 0 Å². The second-order valence-corrected chi connectivity index (χ2v) is 3.07. The van der Waals surface area contributed by atoms with E-state index in [4.69, 9.17) is 21.6 Å². The zero-order valence-corrected chi connectivity index (χ0v) is 8.58. The molecule has 0 aromatic heterocycles. The lowest BCUT2D eigenvalue weighted by atomic mass is 10.2. The maximum Gasteiger partial charge on any atom is 0.137 e. The topological polar surface area (TPSA) is 33.0 Å². The van der Waals surface area contributed by atoms with Crippen molar-refractivity contribution >= 4 is 11.6 Å². The molecule has 72 valence electrons. The van der Waals surface area contributed by atoms with Crippen molar-refractivity contribution in [1.82, 2.24) is 0 Å². The first-order chi connectivity index (χ1) is 6.77. The first-order valence-corrected chi connectivity index (χ1v) is 4.59. The Balaban J connectivity index is 2.81. The number of rotatable bonds is 3. The molecule has 0 atom stereocenters. The molecule has 3 heteroatoms. The molecule has 0 amide bonds. The van der Waals surface area contributed by atoms with E-state index in [1.165, 1.54) is 0 Å². The minimum atomic E-state index is 0.460. The molecule has 0 saturated carbocycles. The van der Waals surface area contributed by atoms with Gasteiger partial charge in [-0.3, -0.25) is 0 Å². The highest BCUT2D eigenvalue weighted by molar-refractivity contribution is 6.30. The van der Waals surface area contributed by atoms with Crippen LogP contribution < -0.4 is 4.74 Å². The molecule has 14 heavy (non-hydrogen) atoms. The molecular weight excluding hydrogens is 198 g/mol. The van der Waals surface area contributed by atoms with Gasteiger partial charge in [-0.15, -0.1) is 0 Å². The van der Waals surface area contributed by atoms with Gasteiger partial charge in [0, 0.05) is 5.02 Å². The summed E-state index contributed by atoms with van der Waals surface area (Å²) in [6.07, 6.45) is 3.76. The summed E-state index contributed by atoms with van der Waals surface area (Å²) < 4.78 is 5.36. The molecule has 0 fully saturated rings. The number of nitriles is 1. The van der Waals surface area contributed by atoms with Gasteiger partial charge >= 0.3 is 0 Å². The van der Waals surface area contributed by atoms with E-state index in [-0.39, 0.29) is 0 Å². The molecule has 0 unspecified atom stereocenters. The summed E-state index contributed by atoms with van der Waals surface area (Å²) in [5.41, 5.74) is 0.460. The molecule has 1 rings (SSSR count). The van der Waals surface area contributed by atoms with Crippen molar-refractivity contribution in [1.29, 1.82) is 5.26 Å². The Morgan fingerprint density at radius 2 is 2.36 bits per heavy atom. The molecule has 0 bridgehead atoms. The molecule has 0 heterocycles. The highest BCUT2D eigenvalue weighted by Crippen LogP contribution is 2.21. The van der Waals surface area contributed by atoms with E-state index in [0.29, 0.717) is 22.9 Å². The number of allylic oxidation sites excluding steroid dienone is 1. The van der Waals surface area contributed by atoms with Crippen LogP contribution in [0, 0.1) is 11.3 Å². The molecular formula is C11H10ClNO. The molecule has 0 radical (unpaired) electrons. The summed E-state index contributed by atoms with van der Waals surface area (Å²) in [6.45, 7) is 2.38. The fourth-order valence-corrected chi connectivity index (χ4v) is 1.12. The summed E-state index contributed by atoms with van der Waals surface area (Å²) in [5, 5.41) is 9.33. The zero-order valence-electron chi connectivity index (χ0n) is 7.83. The van der Waals surface area contributed by atoms with Crippen molar-refractivity contribution in [2.75, 3.05) is 6.61 Å². The quantitative estimate of drug-likeness (QED) is 0.714. The average molecular weight is 208 g/mol. The summed E-state index contributed by atoms with van der Waals surface area (Å²) in [7, 11) is 0. The van der Waals surface area contributed by atoms with Crippen LogP contribution in [0.1, 0.15) is 12.5 Å². The second-order valence-electron chi connectivity index (χ2n) is 2.63. The van der Waals surface area contributed by atoms with Crippen LogP contribution in [0.2, 0.25) is 5.02 Å². The Kier molecular flexibility index (Phi) is 4.03. The zero-order chi connectivity index (χ0) is 10.4. The van der Waals surface area contributed by atoms with Gasteiger partial charge in [0.25, 0.3) is 0 Å². The van der Waals surface area contributed by atoms with E-state index in [9.17, 15) is 0 Å². The molecule has 0 saturated heterocycles. The molecule has 2 nitrogen and oxygen atoms in total. The Labute approximate surface area is 88.4 Å². The van der Waals surface area contributed by atoms with Gasteiger partial charge in [-0.05, 0) is 25.1 Å². The third kappa shape index (κ3) is 2.79. The molecule has 0 aliphatic carbocycles. The van der Waals surface area contributed by atoms with Gasteiger partial charge in [-0.2, -0.15) is 5.26 Å². The molecule has 1 aromatic rings. The van der Waals surface area contributed by atoms with Gasteiger partial charge in [0.1, 0.15) is 18.4 Å². The predicted octanol–water partition coefficient (Wildman–Crippen LogP) is 3.17. The van der Waals surface area contributed by atoms with Gasteiger partial charge in [0.2, 0.25) is 0 Å². The van der Waals surface area contributed by atoms with Crippen molar-refractivity contribution < 1.29 is 4.74 Å². The lowest BCUT2D eigenvalue weighted by Crippen LogP contribution is -1.95. The first kappa shape index (κ1) is 10.6. The number of hydrogen-bond donors (Lipinski definition) is 0. The van der Waals surface area contributed by atoms with Gasteiger partial charge < -0.3 is 4.74 Å². The van der Waals surface area contributed by atoms with Crippen LogP contribution >= 0.6 is 11.6 Å². The predicted molar refractivity (Wildman–Crippen MR) is 56.5 cm³/mol. The van der Waals surface area contributed by atoms with Crippen LogP contribution in [-0.4, -0.2) is 6.61 Å². The average Bonchev–Trinajstić information content (AvgIpc) is 2.20. The summed E-state index contributed by atoms with van der Waals surface area (Å²) in [5.74, 6) is 0.565. The highest BCUT2D eigenvalue weighted by Gasteiger charge is 2.02. The van der Waals surface area contributed by atoms with Crippen molar-refractivity contribution in [2.45, 2.75) is 6.92 Å². The van der Waals surface area contributed by atoms with Crippen LogP contribution in [0.5, 0.6) is 5.75 Å². The molecule has 0 spiro atoms. The SMILES string of the molecule is CC=CCOc1ccc(Cl)cc1C#N. The standard InChI is InChI=1S/C11H10ClNO/c1-2-3-6-14-11-5-4-10(12)7-9(11)8-13/h2-5,7H,6H2,1H3. The fourth-order valence-electron chi connectivity index (χ4n) is 0.950. The van der Waals surface area contributed by atoms with Crippen LogP contribution in [-0.2, 0) is 0 Å². The van der Waals surface area contributed by atoms with E-state index in [1.807, 2.05) is 25.1 Å². The van der Waals surface area contributed by atoms with Gasteiger partial charge in [0.05, 0.1) is 5.56 Å². The number of benzene rings is 1. The number of ether oxygens (including phenoxy) is 1. The fraction of sp³-hybridized carbons (Fsp3) is 0.182. The maximum atomic E-state index is 8.79. The third-order valence-electron chi connectivity index (χ3n) is 1.63. The number of halogens is 1. The largest absolute Gasteiger partial charge is 0.488 e. The Morgan fingerprint density at radius 3 is 3.00 bits per heavy atom. The van der Waals surface area contributed by atoms with E-state index >= 15 is 0 Å². The van der Waals surface area contributed by atoms with Crippen LogP contribution in [0.4, 0.5) is 0 Å². The van der Waals surface area contributed by atoms with Crippen molar-refractivity contribution in [3.05, 3.63) is 40.9 Å². The normalized spacial score (nSPS) is 10.1. The lowest BCUT2D eigenvalue weighted by molar-refractivity contribution is 0.361. The Bertz CT molecular complexity index is 379. The van der Waals surface area contributed by atoms with Crippen LogP contribution in [0.3, 0.4) is 0 Å². The summed E-state index contributed by atoms with van der Waals surface area (Å²) >= 11 is 5.74. The molecule has 0 aliphatic heterocycles. The van der Waals surface area contributed by atoms with Gasteiger partial charge in [0.15, 0.2) is 0 Å². The number of nitrogens with zero attached hydrogens (tertiary/aromatic N) is 1.